The summed E-state index contributed by atoms with van der Waals surface area (Å²) < 4.78 is 1.05. The smallest absolute Gasteiger partial charge is 0.220 e. The largest absolute Gasteiger partial charge is 0.352 e. The van der Waals surface area contributed by atoms with Crippen LogP contribution in [0.25, 0.3) is 0 Å². The fourth-order valence-corrected chi connectivity index (χ4v) is 1.58. The molecule has 1 aromatic carbocycles. The van der Waals surface area contributed by atoms with Gasteiger partial charge >= 0.3 is 0 Å². The molecular formula is C12H17BrN2O. The van der Waals surface area contributed by atoms with Crippen LogP contribution in [0.4, 0.5) is 0 Å². The number of benzene rings is 1. The standard InChI is InChI=1S/C12H17BrN2O/c1-14-8-2-3-12(16)15-9-10-4-6-11(13)7-5-10/h4-7,14H,2-3,8-9H2,1H3,(H,15,16). The molecule has 0 saturated carbocycles. The van der Waals surface area contributed by atoms with E-state index in [0.717, 1.165) is 23.0 Å². The lowest BCUT2D eigenvalue weighted by Crippen LogP contribution is -2.23. The van der Waals surface area contributed by atoms with Gasteiger partial charge in [-0.1, -0.05) is 28.1 Å². The van der Waals surface area contributed by atoms with Gasteiger partial charge in [0.1, 0.15) is 0 Å². The van der Waals surface area contributed by atoms with E-state index >= 15 is 0 Å². The zero-order chi connectivity index (χ0) is 11.8. The number of carbonyl (C=O) groups excluding carboxylic acids is 1. The number of amides is 1. The summed E-state index contributed by atoms with van der Waals surface area (Å²) in [5.41, 5.74) is 1.12. The zero-order valence-corrected chi connectivity index (χ0v) is 11.0. The Kier molecular flexibility index (Phi) is 6.11. The van der Waals surface area contributed by atoms with Gasteiger partial charge in [0, 0.05) is 17.4 Å². The van der Waals surface area contributed by atoms with E-state index in [9.17, 15) is 4.79 Å². The maximum atomic E-state index is 11.4. The highest BCUT2D eigenvalue weighted by Crippen LogP contribution is 2.10. The minimum absolute atomic E-state index is 0.109. The van der Waals surface area contributed by atoms with E-state index in [-0.39, 0.29) is 5.91 Å². The van der Waals surface area contributed by atoms with E-state index < -0.39 is 0 Å². The zero-order valence-electron chi connectivity index (χ0n) is 9.42. The maximum Gasteiger partial charge on any atom is 0.220 e. The molecule has 0 aliphatic heterocycles. The number of carbonyl (C=O) groups is 1. The van der Waals surface area contributed by atoms with Crippen LogP contribution in [-0.4, -0.2) is 19.5 Å². The molecule has 1 amide bonds. The molecule has 0 heterocycles. The second kappa shape index (κ2) is 7.41. The fraction of sp³-hybridized carbons (Fsp3) is 0.417. The Morgan fingerprint density at radius 1 is 1.31 bits per heavy atom. The van der Waals surface area contributed by atoms with Gasteiger partial charge in [-0.05, 0) is 37.7 Å². The first-order chi connectivity index (χ1) is 7.72. The predicted octanol–water partition coefficient (Wildman–Crippen LogP) is 2.06. The Morgan fingerprint density at radius 3 is 2.62 bits per heavy atom. The first kappa shape index (κ1) is 13.2. The van der Waals surface area contributed by atoms with Crippen LogP contribution >= 0.6 is 15.9 Å². The molecule has 0 aliphatic rings. The summed E-state index contributed by atoms with van der Waals surface area (Å²) in [7, 11) is 1.89. The van der Waals surface area contributed by atoms with Crippen molar-refractivity contribution in [3.8, 4) is 0 Å². The topological polar surface area (TPSA) is 41.1 Å². The maximum absolute atomic E-state index is 11.4. The third-order valence-electron chi connectivity index (χ3n) is 2.23. The molecule has 16 heavy (non-hydrogen) atoms. The number of hydrogen-bond acceptors (Lipinski definition) is 2. The number of nitrogens with one attached hydrogen (secondary N) is 2. The first-order valence-electron chi connectivity index (χ1n) is 5.38. The van der Waals surface area contributed by atoms with Gasteiger partial charge in [0.05, 0.1) is 0 Å². The molecule has 1 rings (SSSR count). The van der Waals surface area contributed by atoms with Crippen molar-refractivity contribution in [2.24, 2.45) is 0 Å². The SMILES string of the molecule is CNCCCC(=O)NCc1ccc(Br)cc1. The lowest BCUT2D eigenvalue weighted by atomic mass is 10.2. The molecule has 0 aromatic heterocycles. The minimum atomic E-state index is 0.109. The second-order valence-electron chi connectivity index (χ2n) is 3.61. The molecular weight excluding hydrogens is 268 g/mol. The van der Waals surface area contributed by atoms with Crippen LogP contribution in [0.15, 0.2) is 28.7 Å². The molecule has 0 atom stereocenters. The highest BCUT2D eigenvalue weighted by Gasteiger charge is 2.00. The van der Waals surface area contributed by atoms with Crippen LogP contribution in [-0.2, 0) is 11.3 Å². The summed E-state index contributed by atoms with van der Waals surface area (Å²) in [4.78, 5) is 11.4. The Morgan fingerprint density at radius 2 is 2.00 bits per heavy atom. The molecule has 0 saturated heterocycles. The molecule has 0 bridgehead atoms. The summed E-state index contributed by atoms with van der Waals surface area (Å²) in [6.45, 7) is 1.48. The van der Waals surface area contributed by atoms with E-state index in [1.54, 1.807) is 0 Å². The van der Waals surface area contributed by atoms with Crippen LogP contribution < -0.4 is 10.6 Å². The highest BCUT2D eigenvalue weighted by atomic mass is 79.9. The molecule has 0 radical (unpaired) electrons. The highest BCUT2D eigenvalue weighted by molar-refractivity contribution is 9.10. The van der Waals surface area contributed by atoms with E-state index in [1.165, 1.54) is 0 Å². The van der Waals surface area contributed by atoms with Gasteiger partial charge in [-0.15, -0.1) is 0 Å². The van der Waals surface area contributed by atoms with Crippen molar-refractivity contribution in [2.75, 3.05) is 13.6 Å². The van der Waals surface area contributed by atoms with E-state index in [4.69, 9.17) is 0 Å². The van der Waals surface area contributed by atoms with Crippen LogP contribution in [0.5, 0.6) is 0 Å². The molecule has 0 aliphatic carbocycles. The summed E-state index contributed by atoms with van der Waals surface area (Å²) in [6.07, 6.45) is 1.46. The molecule has 0 fully saturated rings. The monoisotopic (exact) mass is 284 g/mol. The Hall–Kier alpha value is -0.870. The van der Waals surface area contributed by atoms with Crippen molar-refractivity contribution >= 4 is 21.8 Å². The molecule has 88 valence electrons. The minimum Gasteiger partial charge on any atom is -0.352 e. The molecule has 3 nitrogen and oxygen atoms in total. The predicted molar refractivity (Wildman–Crippen MR) is 69.1 cm³/mol. The van der Waals surface area contributed by atoms with Crippen LogP contribution in [0.2, 0.25) is 0 Å². The van der Waals surface area contributed by atoms with Gasteiger partial charge in [0.2, 0.25) is 5.91 Å². The van der Waals surface area contributed by atoms with Crippen LogP contribution in [0.1, 0.15) is 18.4 Å². The summed E-state index contributed by atoms with van der Waals surface area (Å²) >= 11 is 3.37. The number of halogens is 1. The molecule has 4 heteroatoms. The van der Waals surface area contributed by atoms with E-state index in [1.807, 2.05) is 31.3 Å². The van der Waals surface area contributed by atoms with E-state index in [2.05, 4.69) is 26.6 Å². The van der Waals surface area contributed by atoms with Crippen molar-refractivity contribution in [3.05, 3.63) is 34.3 Å². The average Bonchev–Trinajstić information content (AvgIpc) is 2.29. The van der Waals surface area contributed by atoms with Crippen LogP contribution in [0, 0.1) is 0 Å². The number of hydrogen-bond donors (Lipinski definition) is 2. The van der Waals surface area contributed by atoms with Gasteiger partial charge in [0.15, 0.2) is 0 Å². The molecule has 0 spiro atoms. The second-order valence-corrected chi connectivity index (χ2v) is 4.53. The van der Waals surface area contributed by atoms with E-state index in [0.29, 0.717) is 13.0 Å². The summed E-state index contributed by atoms with van der Waals surface area (Å²) in [6, 6.07) is 7.95. The summed E-state index contributed by atoms with van der Waals surface area (Å²) in [5, 5.41) is 5.91. The molecule has 0 unspecified atom stereocenters. The fourth-order valence-electron chi connectivity index (χ4n) is 1.32. The van der Waals surface area contributed by atoms with Crippen molar-refractivity contribution in [3.63, 3.8) is 0 Å². The van der Waals surface area contributed by atoms with Crippen molar-refractivity contribution in [1.29, 1.82) is 0 Å². The lowest BCUT2D eigenvalue weighted by molar-refractivity contribution is -0.121. The van der Waals surface area contributed by atoms with Gasteiger partial charge in [-0.25, -0.2) is 0 Å². The van der Waals surface area contributed by atoms with Crippen molar-refractivity contribution in [1.82, 2.24) is 10.6 Å². The van der Waals surface area contributed by atoms with Gasteiger partial charge < -0.3 is 10.6 Å². The van der Waals surface area contributed by atoms with Crippen molar-refractivity contribution < 1.29 is 4.79 Å². The third kappa shape index (κ3) is 5.28. The summed E-state index contributed by atoms with van der Waals surface area (Å²) in [5.74, 6) is 0.109. The Labute approximate surface area is 105 Å². The number of rotatable bonds is 6. The van der Waals surface area contributed by atoms with Gasteiger partial charge in [-0.3, -0.25) is 4.79 Å². The first-order valence-corrected chi connectivity index (χ1v) is 6.17. The van der Waals surface area contributed by atoms with Gasteiger partial charge in [-0.2, -0.15) is 0 Å². The normalized spacial score (nSPS) is 10.1. The third-order valence-corrected chi connectivity index (χ3v) is 2.76. The van der Waals surface area contributed by atoms with Gasteiger partial charge in [0.25, 0.3) is 0 Å². The molecule has 2 N–H and O–H groups in total. The lowest BCUT2D eigenvalue weighted by Gasteiger charge is -2.05. The Bertz CT molecular complexity index is 324. The van der Waals surface area contributed by atoms with Crippen molar-refractivity contribution in [2.45, 2.75) is 19.4 Å². The van der Waals surface area contributed by atoms with Crippen LogP contribution in [0.3, 0.4) is 0 Å². The quantitative estimate of drug-likeness (QED) is 0.786. The molecule has 1 aromatic rings. The average molecular weight is 285 g/mol. The Balaban J connectivity index is 2.23.